The van der Waals surface area contributed by atoms with Crippen LogP contribution < -0.4 is 0 Å². The summed E-state index contributed by atoms with van der Waals surface area (Å²) >= 11 is 0. The second-order valence-corrected chi connectivity index (χ2v) is 6.82. The van der Waals surface area contributed by atoms with Crippen LogP contribution in [-0.2, 0) is 4.74 Å². The number of nitrogens with zero attached hydrogens (tertiary/aromatic N) is 1. The molecule has 3 nitrogen and oxygen atoms in total. The van der Waals surface area contributed by atoms with Gasteiger partial charge < -0.3 is 9.84 Å². The maximum Gasteiger partial charge on any atom is 0.109 e. The Morgan fingerprint density at radius 3 is 2.58 bits per heavy atom. The second-order valence-electron chi connectivity index (χ2n) is 6.82. The number of nitriles is 1. The Balaban J connectivity index is 2.15. The van der Waals surface area contributed by atoms with Gasteiger partial charge in [0.15, 0.2) is 0 Å². The molecule has 108 valence electrons. The molecule has 0 radical (unpaired) electrons. The molecule has 1 aliphatic heterocycles. The first-order chi connectivity index (χ1) is 9.03. The summed E-state index contributed by atoms with van der Waals surface area (Å²) in [4.78, 5) is 0. The summed E-state index contributed by atoms with van der Waals surface area (Å²) in [5, 5.41) is 20.8. The molecular weight excluding hydrogens is 238 g/mol. The predicted octanol–water partition coefficient (Wildman–Crippen LogP) is 3.27. The van der Waals surface area contributed by atoms with Crippen LogP contribution in [0.2, 0.25) is 0 Å². The van der Waals surface area contributed by atoms with Crippen LogP contribution >= 0.6 is 0 Å². The van der Waals surface area contributed by atoms with Gasteiger partial charge in [0.05, 0.1) is 18.3 Å². The van der Waals surface area contributed by atoms with Crippen LogP contribution in [0.4, 0.5) is 0 Å². The van der Waals surface area contributed by atoms with Crippen molar-refractivity contribution in [2.75, 3.05) is 13.2 Å². The van der Waals surface area contributed by atoms with Crippen molar-refractivity contribution in [3.63, 3.8) is 0 Å². The van der Waals surface area contributed by atoms with Gasteiger partial charge in [-0.2, -0.15) is 5.26 Å². The normalized spacial score (nSPS) is 40.7. The van der Waals surface area contributed by atoms with Gasteiger partial charge >= 0.3 is 0 Å². The number of aliphatic hydroxyl groups is 1. The summed E-state index contributed by atoms with van der Waals surface area (Å²) in [6.07, 6.45) is 6.44. The third-order valence-electron chi connectivity index (χ3n) is 5.38. The molecule has 2 rings (SSSR count). The Kier molecular flexibility index (Phi) is 4.53. The van der Waals surface area contributed by atoms with Crippen molar-refractivity contribution in [3.8, 4) is 6.07 Å². The third-order valence-corrected chi connectivity index (χ3v) is 5.38. The second kappa shape index (κ2) is 5.81. The molecule has 0 amide bonds. The highest BCUT2D eigenvalue weighted by Crippen LogP contribution is 2.47. The van der Waals surface area contributed by atoms with Gasteiger partial charge in [-0.1, -0.05) is 26.7 Å². The lowest BCUT2D eigenvalue weighted by Gasteiger charge is -2.44. The van der Waals surface area contributed by atoms with E-state index in [1.165, 1.54) is 6.42 Å². The van der Waals surface area contributed by atoms with E-state index >= 15 is 0 Å². The Labute approximate surface area is 117 Å². The van der Waals surface area contributed by atoms with E-state index < -0.39 is 11.0 Å². The number of ether oxygens (including phenoxy) is 1. The quantitative estimate of drug-likeness (QED) is 0.780. The van der Waals surface area contributed by atoms with Gasteiger partial charge in [0.25, 0.3) is 0 Å². The van der Waals surface area contributed by atoms with E-state index in [4.69, 9.17) is 4.74 Å². The van der Waals surface area contributed by atoms with Crippen molar-refractivity contribution in [3.05, 3.63) is 0 Å². The molecule has 2 fully saturated rings. The fourth-order valence-corrected chi connectivity index (χ4v) is 3.85. The minimum Gasteiger partial charge on any atom is -0.388 e. The molecule has 1 saturated heterocycles. The zero-order chi connectivity index (χ0) is 13.9. The van der Waals surface area contributed by atoms with Gasteiger partial charge in [0.2, 0.25) is 0 Å². The Morgan fingerprint density at radius 1 is 1.21 bits per heavy atom. The highest BCUT2D eigenvalue weighted by Gasteiger charge is 2.52. The van der Waals surface area contributed by atoms with Crippen molar-refractivity contribution in [1.82, 2.24) is 0 Å². The van der Waals surface area contributed by atoms with Crippen molar-refractivity contribution in [2.45, 2.75) is 64.4 Å². The molecule has 1 heterocycles. The molecular formula is C16H27NO2. The molecule has 19 heavy (non-hydrogen) atoms. The fraction of sp³-hybridized carbons (Fsp3) is 0.938. The van der Waals surface area contributed by atoms with E-state index in [-0.39, 0.29) is 0 Å². The van der Waals surface area contributed by atoms with Crippen molar-refractivity contribution < 1.29 is 9.84 Å². The van der Waals surface area contributed by atoms with Gasteiger partial charge in [-0.05, 0) is 43.9 Å². The van der Waals surface area contributed by atoms with Gasteiger partial charge in [0, 0.05) is 6.61 Å². The predicted molar refractivity (Wildman–Crippen MR) is 74.5 cm³/mol. The van der Waals surface area contributed by atoms with E-state index in [9.17, 15) is 10.4 Å². The average molecular weight is 265 g/mol. The molecule has 1 saturated carbocycles. The topological polar surface area (TPSA) is 53.2 Å². The van der Waals surface area contributed by atoms with Crippen LogP contribution in [0.15, 0.2) is 0 Å². The third kappa shape index (κ3) is 2.80. The smallest absolute Gasteiger partial charge is 0.109 e. The summed E-state index contributed by atoms with van der Waals surface area (Å²) < 4.78 is 5.53. The largest absolute Gasteiger partial charge is 0.388 e. The first kappa shape index (κ1) is 14.8. The van der Waals surface area contributed by atoms with E-state index in [1.807, 2.05) is 0 Å². The lowest BCUT2D eigenvalue weighted by atomic mass is 9.66. The van der Waals surface area contributed by atoms with E-state index in [1.54, 1.807) is 0 Å². The monoisotopic (exact) mass is 265 g/mol. The summed E-state index contributed by atoms with van der Waals surface area (Å²) in [5.74, 6) is 1.36. The van der Waals surface area contributed by atoms with E-state index in [0.29, 0.717) is 18.4 Å². The van der Waals surface area contributed by atoms with Crippen molar-refractivity contribution >= 4 is 0 Å². The molecule has 0 aromatic carbocycles. The van der Waals surface area contributed by atoms with Gasteiger partial charge in [0.1, 0.15) is 5.41 Å². The van der Waals surface area contributed by atoms with Crippen LogP contribution in [0.25, 0.3) is 0 Å². The molecule has 0 aromatic rings. The first-order valence-electron chi connectivity index (χ1n) is 7.74. The van der Waals surface area contributed by atoms with Gasteiger partial charge in [-0.3, -0.25) is 0 Å². The zero-order valence-corrected chi connectivity index (χ0v) is 12.3. The molecule has 0 spiro atoms. The standard InChI is InChI=1S/C16H27NO2/c1-13(2)14-5-3-8-16(18,9-6-14)15(11-17)7-4-10-19-12-15/h13-14,18H,3-10,12H2,1-2H3. The maximum atomic E-state index is 11.1. The summed E-state index contributed by atoms with van der Waals surface area (Å²) in [5.41, 5.74) is -1.51. The zero-order valence-electron chi connectivity index (χ0n) is 12.3. The highest BCUT2D eigenvalue weighted by atomic mass is 16.5. The maximum absolute atomic E-state index is 11.1. The molecule has 3 heteroatoms. The number of hydrogen-bond acceptors (Lipinski definition) is 3. The van der Waals surface area contributed by atoms with Crippen LogP contribution in [-0.4, -0.2) is 23.9 Å². The molecule has 3 atom stereocenters. The number of rotatable bonds is 2. The van der Waals surface area contributed by atoms with E-state index in [2.05, 4.69) is 19.9 Å². The van der Waals surface area contributed by atoms with Crippen molar-refractivity contribution in [1.29, 1.82) is 5.26 Å². The minimum absolute atomic E-state index is 0.409. The highest BCUT2D eigenvalue weighted by molar-refractivity contribution is 5.13. The Hall–Kier alpha value is -0.590. The molecule has 1 N–H and O–H groups in total. The lowest BCUT2D eigenvalue weighted by Crippen LogP contribution is -2.52. The molecule has 0 bridgehead atoms. The van der Waals surface area contributed by atoms with Crippen LogP contribution in [0.5, 0.6) is 0 Å². The molecule has 0 aromatic heterocycles. The van der Waals surface area contributed by atoms with Crippen LogP contribution in [0, 0.1) is 28.6 Å². The van der Waals surface area contributed by atoms with Gasteiger partial charge in [-0.15, -0.1) is 0 Å². The van der Waals surface area contributed by atoms with E-state index in [0.717, 1.165) is 45.1 Å². The summed E-state index contributed by atoms with van der Waals surface area (Å²) in [7, 11) is 0. The Morgan fingerprint density at radius 2 is 2.00 bits per heavy atom. The lowest BCUT2D eigenvalue weighted by molar-refractivity contribution is -0.126. The van der Waals surface area contributed by atoms with Crippen LogP contribution in [0.1, 0.15) is 58.8 Å². The summed E-state index contributed by atoms with van der Waals surface area (Å²) in [6.45, 7) is 5.66. The first-order valence-corrected chi connectivity index (χ1v) is 7.74. The van der Waals surface area contributed by atoms with Crippen molar-refractivity contribution in [2.24, 2.45) is 17.3 Å². The Bertz CT molecular complexity index is 341. The fourth-order valence-electron chi connectivity index (χ4n) is 3.85. The minimum atomic E-state index is -0.841. The summed E-state index contributed by atoms with van der Waals surface area (Å²) in [6, 6.07) is 2.42. The number of hydrogen-bond donors (Lipinski definition) is 1. The van der Waals surface area contributed by atoms with Gasteiger partial charge in [-0.25, -0.2) is 0 Å². The average Bonchev–Trinajstić information content (AvgIpc) is 2.63. The SMILES string of the molecule is CC(C)C1CCCC(O)(C2(C#N)CCCOC2)CC1. The molecule has 1 aliphatic carbocycles. The molecule has 2 aliphatic rings. The van der Waals surface area contributed by atoms with Crippen LogP contribution in [0.3, 0.4) is 0 Å². The molecule has 3 unspecified atom stereocenters.